The van der Waals surface area contributed by atoms with Gasteiger partial charge in [-0.2, -0.15) is 0 Å². The standard InChI is InChI=1S/C51H66N8O9/c1-11-29(4)42(12-2)59(48(60)30(5)53-50(62)65-9)32(7)47-54-40-16-14-34-22-39-37-15-13-35(21-36(37)27-68-43(39)23-38(34)45(40)56-47)41-24-52-46(55-41)31(6)58(25-28(3)26-64-8)49(61)44(57-51(63)66-10)33-17-19-67-20-18-33/h13-16,21-24,28,30-33,42,44H,4,11-12,17-20,25-27H2,1-3,5-10H3,(H,52,55)(H,53,62)(H,54,56)(H,57,63)/t28-,30-,31-,32-,42+,44-/m0/s1. The normalized spacial score (nSPS) is 16.2. The summed E-state index contributed by atoms with van der Waals surface area (Å²) in [6, 6.07) is 11.6. The van der Waals surface area contributed by atoms with E-state index in [1.54, 1.807) is 30.0 Å². The zero-order valence-corrected chi connectivity index (χ0v) is 40.7. The number of imidazole rings is 2. The van der Waals surface area contributed by atoms with Crippen LogP contribution in [0.15, 0.2) is 60.8 Å². The minimum Gasteiger partial charge on any atom is -0.488 e. The molecule has 2 aliphatic rings. The molecule has 4 heterocycles. The number of nitrogens with one attached hydrogen (secondary N) is 4. The number of nitrogens with zero attached hydrogens (tertiary/aromatic N) is 4. The van der Waals surface area contributed by atoms with Crippen LogP contribution >= 0.6 is 0 Å². The Labute approximate surface area is 397 Å². The lowest BCUT2D eigenvalue weighted by molar-refractivity contribution is -0.139. The number of methoxy groups -OCH3 is 3. The Balaban J connectivity index is 1.16. The van der Waals surface area contributed by atoms with E-state index in [2.05, 4.69) is 57.5 Å². The second-order valence-electron chi connectivity index (χ2n) is 18.0. The lowest BCUT2D eigenvalue weighted by Gasteiger charge is -2.38. The van der Waals surface area contributed by atoms with Gasteiger partial charge in [-0.25, -0.2) is 19.6 Å². The van der Waals surface area contributed by atoms with E-state index < -0.39 is 36.4 Å². The lowest BCUT2D eigenvalue weighted by atomic mass is 9.90. The number of aromatic nitrogens is 4. The SMILES string of the molecule is C=C(CC)[C@@H](CC)N(C(=O)[C@H](C)NC(=O)OC)[C@@H](C)c1nc2c(ccc3cc4c(cc32)OCc2cc(-c3cnc([C@H](C)N(C[C@H](C)COC)C(=O)[C@@H](NC(=O)OC)C5CCOCC5)[nH]3)ccc2-4)[nH]1. The number of fused-ring (bicyclic) bond motifs is 6. The largest absolute Gasteiger partial charge is 0.488 e. The first-order valence-electron chi connectivity index (χ1n) is 23.5. The molecule has 17 heteroatoms. The third kappa shape index (κ3) is 10.3. The molecule has 1 fully saturated rings. The molecule has 68 heavy (non-hydrogen) atoms. The van der Waals surface area contributed by atoms with Crippen molar-refractivity contribution in [1.82, 2.24) is 40.4 Å². The summed E-state index contributed by atoms with van der Waals surface area (Å²) in [7, 11) is 4.20. The number of alkyl carbamates (subject to hydrolysis) is 2. The number of benzene rings is 3. The molecule has 2 aromatic heterocycles. The zero-order chi connectivity index (χ0) is 48.8. The van der Waals surface area contributed by atoms with Crippen LogP contribution in [0.25, 0.3) is 44.2 Å². The molecule has 7 rings (SSSR count). The molecule has 6 atom stereocenters. The van der Waals surface area contributed by atoms with E-state index in [9.17, 15) is 19.2 Å². The van der Waals surface area contributed by atoms with Crippen LogP contribution in [-0.4, -0.2) is 120 Å². The molecule has 0 bridgehead atoms. The monoisotopic (exact) mass is 934 g/mol. The van der Waals surface area contributed by atoms with Crippen molar-refractivity contribution in [3.63, 3.8) is 0 Å². The smallest absolute Gasteiger partial charge is 0.407 e. The molecule has 17 nitrogen and oxygen atoms in total. The van der Waals surface area contributed by atoms with Crippen molar-refractivity contribution >= 4 is 45.8 Å². The van der Waals surface area contributed by atoms with Crippen molar-refractivity contribution in [3.05, 3.63) is 78.0 Å². The fraction of sp³-hybridized carbons (Fsp3) is 0.490. The number of rotatable bonds is 18. The molecule has 3 aromatic carbocycles. The minimum atomic E-state index is -0.842. The Bertz CT molecular complexity index is 2640. The number of H-pyrrole nitrogens is 2. The first-order valence-corrected chi connectivity index (χ1v) is 23.5. The van der Waals surface area contributed by atoms with Gasteiger partial charge in [0.05, 0.1) is 61.9 Å². The highest BCUT2D eigenvalue weighted by molar-refractivity contribution is 6.07. The quantitative estimate of drug-likeness (QED) is 0.0615. The topological polar surface area (TPSA) is 202 Å². The number of carbonyl (C=O) groups is 4. The van der Waals surface area contributed by atoms with Crippen molar-refractivity contribution < 1.29 is 42.9 Å². The fourth-order valence-corrected chi connectivity index (χ4v) is 9.61. The number of aromatic amines is 2. The maximum absolute atomic E-state index is 14.5. The minimum absolute atomic E-state index is 0.00728. The van der Waals surface area contributed by atoms with Crippen LogP contribution in [0, 0.1) is 11.8 Å². The van der Waals surface area contributed by atoms with Crippen molar-refractivity contribution in [2.45, 2.75) is 104 Å². The van der Waals surface area contributed by atoms with E-state index in [-0.39, 0.29) is 29.7 Å². The van der Waals surface area contributed by atoms with E-state index in [1.807, 2.05) is 46.8 Å². The van der Waals surface area contributed by atoms with Gasteiger partial charge < -0.3 is 54.1 Å². The second kappa shape index (κ2) is 21.7. The van der Waals surface area contributed by atoms with Gasteiger partial charge in [-0.1, -0.05) is 51.1 Å². The van der Waals surface area contributed by atoms with Gasteiger partial charge >= 0.3 is 12.2 Å². The molecule has 2 aliphatic heterocycles. The summed E-state index contributed by atoms with van der Waals surface area (Å²) in [4.78, 5) is 73.6. The molecule has 0 saturated carbocycles. The first kappa shape index (κ1) is 49.4. The highest BCUT2D eigenvalue weighted by Crippen LogP contribution is 2.43. The zero-order valence-electron chi connectivity index (χ0n) is 40.7. The average Bonchev–Trinajstić information content (AvgIpc) is 4.04. The van der Waals surface area contributed by atoms with E-state index in [1.165, 1.54) is 14.2 Å². The molecular formula is C51H66N8O9. The molecule has 5 aromatic rings. The molecule has 0 aliphatic carbocycles. The van der Waals surface area contributed by atoms with Crippen molar-refractivity contribution in [1.29, 1.82) is 0 Å². The van der Waals surface area contributed by atoms with Crippen LogP contribution in [0.2, 0.25) is 0 Å². The Morgan fingerprint density at radius 2 is 1.62 bits per heavy atom. The fourth-order valence-electron chi connectivity index (χ4n) is 9.61. The maximum atomic E-state index is 14.5. The molecule has 4 amide bonds. The average molecular weight is 935 g/mol. The number of hydrogen-bond donors (Lipinski definition) is 4. The number of amides is 4. The van der Waals surface area contributed by atoms with Crippen LogP contribution in [0.1, 0.15) is 96.5 Å². The highest BCUT2D eigenvalue weighted by Gasteiger charge is 2.38. The Morgan fingerprint density at radius 3 is 2.31 bits per heavy atom. The Kier molecular flexibility index (Phi) is 15.7. The van der Waals surface area contributed by atoms with Gasteiger partial charge in [-0.15, -0.1) is 0 Å². The van der Waals surface area contributed by atoms with Gasteiger partial charge in [-0.05, 0) is 105 Å². The van der Waals surface area contributed by atoms with Gasteiger partial charge in [-0.3, -0.25) is 9.59 Å². The summed E-state index contributed by atoms with van der Waals surface area (Å²) >= 11 is 0. The van der Waals surface area contributed by atoms with Crippen molar-refractivity contribution in [2.75, 3.05) is 47.7 Å². The summed E-state index contributed by atoms with van der Waals surface area (Å²) in [5, 5.41) is 7.34. The Morgan fingerprint density at radius 1 is 0.882 bits per heavy atom. The van der Waals surface area contributed by atoms with Gasteiger partial charge in [0.2, 0.25) is 11.8 Å². The summed E-state index contributed by atoms with van der Waals surface area (Å²) in [5.41, 5.74) is 7.19. The molecule has 0 unspecified atom stereocenters. The van der Waals surface area contributed by atoms with Gasteiger partial charge in [0.25, 0.3) is 0 Å². The molecule has 364 valence electrons. The number of hydrogen-bond acceptors (Lipinski definition) is 11. The summed E-state index contributed by atoms with van der Waals surface area (Å²) < 4.78 is 27.2. The van der Waals surface area contributed by atoms with Gasteiger partial charge in [0.1, 0.15) is 36.1 Å². The van der Waals surface area contributed by atoms with Gasteiger partial charge in [0, 0.05) is 37.8 Å². The van der Waals surface area contributed by atoms with Crippen LogP contribution in [0.4, 0.5) is 9.59 Å². The van der Waals surface area contributed by atoms with Crippen molar-refractivity contribution in [2.24, 2.45) is 11.8 Å². The van der Waals surface area contributed by atoms with E-state index in [4.69, 9.17) is 33.7 Å². The molecule has 1 saturated heterocycles. The van der Waals surface area contributed by atoms with Crippen LogP contribution in [0.3, 0.4) is 0 Å². The predicted octanol–water partition coefficient (Wildman–Crippen LogP) is 8.37. The van der Waals surface area contributed by atoms with E-state index in [0.717, 1.165) is 61.1 Å². The predicted molar refractivity (Wildman–Crippen MR) is 259 cm³/mol. The van der Waals surface area contributed by atoms with Crippen LogP contribution in [-0.2, 0) is 35.1 Å². The maximum Gasteiger partial charge on any atom is 0.407 e. The number of carbonyl (C=O) groups excluding carboxylic acids is 4. The third-order valence-corrected chi connectivity index (χ3v) is 13.4. The molecule has 0 radical (unpaired) electrons. The van der Waals surface area contributed by atoms with Gasteiger partial charge in [0.15, 0.2) is 0 Å². The first-order chi connectivity index (χ1) is 32.7. The summed E-state index contributed by atoms with van der Waals surface area (Å²) in [5.74, 6) is 1.36. The summed E-state index contributed by atoms with van der Waals surface area (Å²) in [6.45, 7) is 18.1. The lowest BCUT2D eigenvalue weighted by Crippen LogP contribution is -2.54. The molecule has 0 spiro atoms. The van der Waals surface area contributed by atoms with Crippen LogP contribution in [0.5, 0.6) is 5.75 Å². The van der Waals surface area contributed by atoms with Crippen LogP contribution < -0.4 is 15.4 Å². The van der Waals surface area contributed by atoms with E-state index >= 15 is 0 Å². The van der Waals surface area contributed by atoms with E-state index in [0.29, 0.717) is 70.3 Å². The Hall–Kier alpha value is -6.46. The molecule has 4 N–H and O–H groups in total. The molecular weight excluding hydrogens is 869 g/mol. The van der Waals surface area contributed by atoms with Crippen molar-refractivity contribution in [3.8, 4) is 28.1 Å². The third-order valence-electron chi connectivity index (χ3n) is 13.4. The number of ether oxygens (including phenoxy) is 5. The second-order valence-corrected chi connectivity index (χ2v) is 18.0. The highest BCUT2D eigenvalue weighted by atomic mass is 16.5. The summed E-state index contributed by atoms with van der Waals surface area (Å²) in [6.07, 6.45) is 3.04.